The van der Waals surface area contributed by atoms with Crippen LogP contribution in [-0.4, -0.2) is 18.2 Å². The molecule has 0 saturated heterocycles. The van der Waals surface area contributed by atoms with Crippen LogP contribution in [0.15, 0.2) is 46.9 Å². The van der Waals surface area contributed by atoms with Crippen molar-refractivity contribution in [2.24, 2.45) is 0 Å². The molecule has 0 aliphatic carbocycles. The van der Waals surface area contributed by atoms with E-state index in [1.807, 2.05) is 57.2 Å². The van der Waals surface area contributed by atoms with E-state index in [4.69, 9.17) is 20.8 Å². The van der Waals surface area contributed by atoms with E-state index >= 15 is 0 Å². The molecule has 6 heteroatoms. The predicted octanol–water partition coefficient (Wildman–Crippen LogP) is 4.29. The molecule has 1 aromatic carbocycles. The van der Waals surface area contributed by atoms with Crippen LogP contribution in [0.2, 0.25) is 5.22 Å². The maximum atomic E-state index is 12.1. The lowest BCUT2D eigenvalue weighted by molar-refractivity contribution is 0.0503. The third kappa shape index (κ3) is 6.26. The highest BCUT2D eigenvalue weighted by Crippen LogP contribution is 2.15. The van der Waals surface area contributed by atoms with Gasteiger partial charge < -0.3 is 19.8 Å². The van der Waals surface area contributed by atoms with E-state index < -0.39 is 11.7 Å². The smallest absolute Gasteiger partial charge is 0.408 e. The van der Waals surface area contributed by atoms with Gasteiger partial charge >= 0.3 is 6.09 Å². The first-order chi connectivity index (χ1) is 11.3. The monoisotopic (exact) mass is 350 g/mol. The Morgan fingerprint density at radius 3 is 2.50 bits per heavy atom. The first-order valence-corrected chi connectivity index (χ1v) is 8.21. The van der Waals surface area contributed by atoms with Crippen molar-refractivity contribution in [3.63, 3.8) is 0 Å². The molecule has 1 unspecified atom stereocenters. The van der Waals surface area contributed by atoms with Gasteiger partial charge in [0, 0.05) is 6.54 Å². The van der Waals surface area contributed by atoms with Gasteiger partial charge in [0.25, 0.3) is 0 Å². The van der Waals surface area contributed by atoms with Crippen LogP contribution in [0.1, 0.15) is 38.1 Å². The lowest BCUT2D eigenvalue weighted by Gasteiger charge is -2.24. The summed E-state index contributed by atoms with van der Waals surface area (Å²) >= 11 is 5.76. The van der Waals surface area contributed by atoms with Crippen LogP contribution >= 0.6 is 11.6 Å². The normalized spacial score (nSPS) is 12.7. The highest BCUT2D eigenvalue weighted by molar-refractivity contribution is 6.28. The molecule has 1 atom stereocenters. The van der Waals surface area contributed by atoms with E-state index in [0.717, 1.165) is 11.3 Å². The Labute approximate surface area is 147 Å². The third-order valence-electron chi connectivity index (χ3n) is 3.17. The molecule has 1 aromatic heterocycles. The van der Waals surface area contributed by atoms with Gasteiger partial charge in [-0.25, -0.2) is 4.79 Å². The molecule has 0 fully saturated rings. The van der Waals surface area contributed by atoms with Gasteiger partial charge in [0.1, 0.15) is 11.4 Å². The maximum absolute atomic E-state index is 12.1. The molecule has 0 bridgehead atoms. The Bertz CT molecular complexity index is 650. The minimum atomic E-state index is -0.538. The lowest BCUT2D eigenvalue weighted by atomic mass is 10.1. The summed E-state index contributed by atoms with van der Waals surface area (Å²) < 4.78 is 10.7. The van der Waals surface area contributed by atoms with Crippen LogP contribution in [0.5, 0.6) is 0 Å². The third-order valence-corrected chi connectivity index (χ3v) is 3.37. The molecular formula is C18H23ClN2O3. The van der Waals surface area contributed by atoms with Crippen molar-refractivity contribution < 1.29 is 13.9 Å². The molecule has 0 aliphatic heterocycles. The van der Waals surface area contributed by atoms with Gasteiger partial charge in [-0.3, -0.25) is 0 Å². The lowest BCUT2D eigenvalue weighted by Crippen LogP contribution is -2.39. The molecule has 24 heavy (non-hydrogen) atoms. The van der Waals surface area contributed by atoms with Crippen molar-refractivity contribution in [1.82, 2.24) is 10.6 Å². The fraction of sp³-hybridized carbons (Fsp3) is 0.389. The van der Waals surface area contributed by atoms with Gasteiger partial charge in [-0.2, -0.15) is 0 Å². The largest absolute Gasteiger partial charge is 0.448 e. The first kappa shape index (κ1) is 18.4. The standard InChI is InChI=1S/C18H23ClN2O3/c1-18(2,3)24-17(22)21-15(13-7-5-4-6-8-13)12-20-11-14-9-10-16(19)23-14/h4-10,15,20H,11-12H2,1-3H3,(H,21,22). The zero-order valence-electron chi connectivity index (χ0n) is 14.1. The number of nitrogens with one attached hydrogen (secondary N) is 2. The molecule has 5 nitrogen and oxygen atoms in total. The number of ether oxygens (including phenoxy) is 1. The fourth-order valence-electron chi connectivity index (χ4n) is 2.17. The minimum absolute atomic E-state index is 0.216. The van der Waals surface area contributed by atoms with Crippen LogP contribution in [0.4, 0.5) is 4.79 Å². The van der Waals surface area contributed by atoms with Gasteiger partial charge in [0.2, 0.25) is 0 Å². The number of rotatable bonds is 6. The summed E-state index contributed by atoms with van der Waals surface area (Å²) in [5, 5.41) is 6.52. The summed E-state index contributed by atoms with van der Waals surface area (Å²) in [6, 6.07) is 13.0. The molecule has 0 saturated carbocycles. The Morgan fingerprint density at radius 2 is 1.92 bits per heavy atom. The SMILES string of the molecule is CC(C)(C)OC(=O)NC(CNCc1ccc(Cl)o1)c1ccccc1. The molecule has 130 valence electrons. The van der Waals surface area contributed by atoms with Crippen molar-refractivity contribution in [3.8, 4) is 0 Å². The molecule has 0 radical (unpaired) electrons. The quantitative estimate of drug-likeness (QED) is 0.815. The summed E-state index contributed by atoms with van der Waals surface area (Å²) in [5.74, 6) is 0.740. The maximum Gasteiger partial charge on any atom is 0.408 e. The van der Waals surface area contributed by atoms with E-state index in [0.29, 0.717) is 18.3 Å². The van der Waals surface area contributed by atoms with Crippen LogP contribution in [0.25, 0.3) is 0 Å². The summed E-state index contributed by atoms with van der Waals surface area (Å²) in [6.45, 7) is 6.56. The second-order valence-electron chi connectivity index (χ2n) is 6.45. The molecule has 1 heterocycles. The van der Waals surface area contributed by atoms with E-state index in [1.54, 1.807) is 6.07 Å². The number of alkyl carbamates (subject to hydrolysis) is 1. The fourth-order valence-corrected chi connectivity index (χ4v) is 2.34. The highest BCUT2D eigenvalue weighted by atomic mass is 35.5. The number of halogens is 1. The zero-order chi connectivity index (χ0) is 17.6. The van der Waals surface area contributed by atoms with Gasteiger partial charge in [-0.05, 0) is 50.1 Å². The van der Waals surface area contributed by atoms with E-state index in [2.05, 4.69) is 10.6 Å². The Hall–Kier alpha value is -1.98. The number of carbonyl (C=O) groups excluding carboxylic acids is 1. The average Bonchev–Trinajstić information content (AvgIpc) is 2.91. The average molecular weight is 351 g/mol. The number of amides is 1. The first-order valence-electron chi connectivity index (χ1n) is 7.83. The number of furan rings is 1. The molecule has 2 N–H and O–H groups in total. The number of benzene rings is 1. The second-order valence-corrected chi connectivity index (χ2v) is 6.82. The van der Waals surface area contributed by atoms with Crippen molar-refractivity contribution in [1.29, 1.82) is 0 Å². The zero-order valence-corrected chi connectivity index (χ0v) is 14.9. The number of carbonyl (C=O) groups is 1. The summed E-state index contributed by atoms with van der Waals surface area (Å²) in [4.78, 5) is 12.1. The second kappa shape index (κ2) is 8.22. The number of hydrogen-bond acceptors (Lipinski definition) is 4. The van der Waals surface area contributed by atoms with Crippen molar-refractivity contribution in [3.05, 3.63) is 59.0 Å². The van der Waals surface area contributed by atoms with E-state index in [1.165, 1.54) is 0 Å². The minimum Gasteiger partial charge on any atom is -0.448 e. The van der Waals surface area contributed by atoms with Gasteiger partial charge in [-0.1, -0.05) is 30.3 Å². The summed E-state index contributed by atoms with van der Waals surface area (Å²) in [7, 11) is 0. The Kier molecular flexibility index (Phi) is 6.29. The molecular weight excluding hydrogens is 328 g/mol. The van der Waals surface area contributed by atoms with Crippen molar-refractivity contribution in [2.45, 2.75) is 39.0 Å². The Morgan fingerprint density at radius 1 is 1.21 bits per heavy atom. The topological polar surface area (TPSA) is 63.5 Å². The van der Waals surface area contributed by atoms with E-state index in [9.17, 15) is 4.79 Å². The van der Waals surface area contributed by atoms with Crippen LogP contribution in [-0.2, 0) is 11.3 Å². The number of hydrogen-bond donors (Lipinski definition) is 2. The van der Waals surface area contributed by atoms with Gasteiger partial charge in [0.15, 0.2) is 5.22 Å². The van der Waals surface area contributed by atoms with Crippen LogP contribution < -0.4 is 10.6 Å². The Balaban J connectivity index is 1.96. The summed E-state index contributed by atoms with van der Waals surface area (Å²) in [6.07, 6.45) is -0.445. The van der Waals surface area contributed by atoms with Crippen LogP contribution in [0.3, 0.4) is 0 Å². The van der Waals surface area contributed by atoms with Crippen molar-refractivity contribution in [2.75, 3.05) is 6.54 Å². The molecule has 1 amide bonds. The van der Waals surface area contributed by atoms with E-state index in [-0.39, 0.29) is 6.04 Å². The molecule has 0 spiro atoms. The molecule has 2 rings (SSSR count). The summed E-state index contributed by atoms with van der Waals surface area (Å²) in [5.41, 5.74) is 0.456. The van der Waals surface area contributed by atoms with Gasteiger partial charge in [-0.15, -0.1) is 0 Å². The predicted molar refractivity (Wildman–Crippen MR) is 94.0 cm³/mol. The highest BCUT2D eigenvalue weighted by Gasteiger charge is 2.20. The molecule has 2 aromatic rings. The van der Waals surface area contributed by atoms with Crippen LogP contribution in [0, 0.1) is 0 Å². The molecule has 0 aliphatic rings. The van der Waals surface area contributed by atoms with Crippen molar-refractivity contribution >= 4 is 17.7 Å². The van der Waals surface area contributed by atoms with Gasteiger partial charge in [0.05, 0.1) is 12.6 Å².